The maximum absolute atomic E-state index is 13.0. The number of rotatable bonds is 8. The van der Waals surface area contributed by atoms with Gasteiger partial charge in [-0.3, -0.25) is 0 Å². The lowest BCUT2D eigenvalue weighted by Crippen LogP contribution is -2.42. The molecule has 0 fully saturated rings. The van der Waals surface area contributed by atoms with Gasteiger partial charge in [-0.05, 0) is 54.3 Å². The summed E-state index contributed by atoms with van der Waals surface area (Å²) in [6, 6.07) is 24.4. The molecule has 0 aliphatic carbocycles. The number of hydrogen-bond acceptors (Lipinski definition) is 5. The lowest BCUT2D eigenvalue weighted by Gasteiger charge is -2.21. The van der Waals surface area contributed by atoms with E-state index < -0.39 is 22.1 Å². The highest BCUT2D eigenvalue weighted by Gasteiger charge is 2.25. The number of carbonyl (C=O) groups excluding carboxylic acids is 1. The predicted octanol–water partition coefficient (Wildman–Crippen LogP) is 5.41. The Morgan fingerprint density at radius 1 is 0.947 bits per heavy atom. The van der Waals surface area contributed by atoms with Crippen molar-refractivity contribution in [2.45, 2.75) is 24.3 Å². The van der Waals surface area contributed by atoms with Gasteiger partial charge in [0, 0.05) is 23.6 Å². The van der Waals surface area contributed by atoms with Gasteiger partial charge in [-0.25, -0.2) is 22.9 Å². The van der Waals surface area contributed by atoms with Crippen molar-refractivity contribution in [3.8, 4) is 16.8 Å². The zero-order chi connectivity index (χ0) is 26.5. The number of amides is 2. The number of hydrogen-bond donors (Lipinski definition) is 2. The average molecular weight is 527 g/mol. The van der Waals surface area contributed by atoms with Gasteiger partial charge in [-0.1, -0.05) is 60.7 Å². The fourth-order valence-electron chi connectivity index (χ4n) is 4.31. The smallest absolute Gasteiger partial charge is 0.329 e. The minimum absolute atomic E-state index is 0.0500. The third-order valence-electron chi connectivity index (χ3n) is 6.18. The largest absolute Gasteiger partial charge is 0.472 e. The van der Waals surface area contributed by atoms with Gasteiger partial charge in [0.15, 0.2) is 0 Å². The normalized spacial score (nSPS) is 12.1. The van der Waals surface area contributed by atoms with E-state index in [4.69, 9.17) is 4.42 Å². The van der Waals surface area contributed by atoms with Gasteiger partial charge >= 0.3 is 6.03 Å². The number of aromatic nitrogens is 2. The van der Waals surface area contributed by atoms with Crippen LogP contribution in [0, 0.1) is 6.92 Å². The molecule has 0 saturated carbocycles. The lowest BCUT2D eigenvalue weighted by atomic mass is 10.0. The number of nitrogens with one attached hydrogen (secondary N) is 2. The van der Waals surface area contributed by atoms with Crippen molar-refractivity contribution in [2.24, 2.45) is 0 Å². The molecule has 3 aromatic carbocycles. The number of benzene rings is 3. The summed E-state index contributed by atoms with van der Waals surface area (Å²) in [4.78, 5) is 17.6. The first-order valence-electron chi connectivity index (χ1n) is 12.0. The molecule has 2 heterocycles. The van der Waals surface area contributed by atoms with Crippen molar-refractivity contribution < 1.29 is 17.6 Å². The fourth-order valence-corrected chi connectivity index (χ4v) is 5.48. The molecule has 0 aliphatic rings. The Labute approximate surface area is 221 Å². The fraction of sp³-hybridized carbons (Fsp3) is 0.103. The van der Waals surface area contributed by atoms with Gasteiger partial charge in [0.1, 0.15) is 5.82 Å². The van der Waals surface area contributed by atoms with E-state index in [2.05, 4.69) is 15.0 Å². The number of nitrogens with zero attached hydrogens (tertiary/aromatic N) is 2. The first-order valence-corrected chi connectivity index (χ1v) is 13.5. The van der Waals surface area contributed by atoms with E-state index in [1.54, 1.807) is 43.8 Å². The van der Waals surface area contributed by atoms with Gasteiger partial charge in [0.2, 0.25) is 0 Å². The Balaban J connectivity index is 1.43. The molecule has 2 N–H and O–H groups in total. The van der Waals surface area contributed by atoms with E-state index in [1.807, 2.05) is 71.4 Å². The molecule has 0 unspecified atom stereocenters. The standard InChI is InChI=1S/C29H26N4O4S/c1-21-7-5-6-10-27(21)38(35,36)32-29(34)31-26(19-22-8-3-2-4-9-22)28-30-16-17-33(28)25-13-11-23(12-14-25)24-15-18-37-20-24/h2-18,20,26H,19H2,1H3,(H2,31,32,34)/t26-/m0/s1. The molecule has 5 aromatic rings. The number of urea groups is 1. The van der Waals surface area contributed by atoms with Crippen LogP contribution in [0.5, 0.6) is 0 Å². The van der Waals surface area contributed by atoms with Crippen molar-refractivity contribution in [2.75, 3.05) is 0 Å². The van der Waals surface area contributed by atoms with E-state index in [1.165, 1.54) is 6.07 Å². The predicted molar refractivity (Wildman–Crippen MR) is 144 cm³/mol. The molecule has 2 aromatic heterocycles. The summed E-state index contributed by atoms with van der Waals surface area (Å²) in [6.45, 7) is 1.68. The molecule has 1 atom stereocenters. The Morgan fingerprint density at radius 3 is 2.39 bits per heavy atom. The first kappa shape index (κ1) is 25.0. The van der Waals surface area contributed by atoms with Crippen LogP contribution in [0.15, 0.2) is 119 Å². The molecule has 38 heavy (non-hydrogen) atoms. The topological polar surface area (TPSA) is 106 Å². The van der Waals surface area contributed by atoms with E-state index in [-0.39, 0.29) is 4.90 Å². The summed E-state index contributed by atoms with van der Waals surface area (Å²) in [5.74, 6) is 0.563. The lowest BCUT2D eigenvalue weighted by molar-refractivity contribution is 0.241. The number of sulfonamides is 1. The molecule has 0 aliphatic heterocycles. The Morgan fingerprint density at radius 2 is 1.68 bits per heavy atom. The molecular weight excluding hydrogens is 500 g/mol. The molecule has 8 nitrogen and oxygen atoms in total. The van der Waals surface area contributed by atoms with E-state index in [0.717, 1.165) is 22.4 Å². The number of furan rings is 1. The van der Waals surface area contributed by atoms with Crippen LogP contribution >= 0.6 is 0 Å². The quantitative estimate of drug-likeness (QED) is 0.281. The second-order valence-corrected chi connectivity index (χ2v) is 10.5. The van der Waals surface area contributed by atoms with Gasteiger partial charge < -0.3 is 14.3 Å². The molecule has 0 bridgehead atoms. The van der Waals surface area contributed by atoms with Crippen LogP contribution in [-0.2, 0) is 16.4 Å². The summed E-state index contributed by atoms with van der Waals surface area (Å²) in [6.07, 6.45) is 7.18. The maximum Gasteiger partial charge on any atom is 0.329 e. The molecule has 2 amide bonds. The summed E-state index contributed by atoms with van der Waals surface area (Å²) in [7, 11) is -4.06. The van der Waals surface area contributed by atoms with Gasteiger partial charge in [0.25, 0.3) is 10.0 Å². The second kappa shape index (κ2) is 10.8. The summed E-state index contributed by atoms with van der Waals surface area (Å²) >= 11 is 0. The molecular formula is C29H26N4O4S. The van der Waals surface area contributed by atoms with Crippen LogP contribution in [0.25, 0.3) is 16.8 Å². The van der Waals surface area contributed by atoms with Crippen LogP contribution in [0.3, 0.4) is 0 Å². The average Bonchev–Trinajstić information content (AvgIpc) is 3.62. The SMILES string of the molecule is Cc1ccccc1S(=O)(=O)NC(=O)N[C@@H](Cc1ccccc1)c1nccn1-c1ccc(-c2ccoc2)cc1. The molecule has 0 radical (unpaired) electrons. The second-order valence-electron chi connectivity index (χ2n) is 8.80. The highest BCUT2D eigenvalue weighted by atomic mass is 32.2. The summed E-state index contributed by atoms with van der Waals surface area (Å²) < 4.78 is 35.0. The van der Waals surface area contributed by atoms with Crippen molar-refractivity contribution in [1.29, 1.82) is 0 Å². The highest BCUT2D eigenvalue weighted by molar-refractivity contribution is 7.90. The van der Waals surface area contributed by atoms with Crippen molar-refractivity contribution >= 4 is 16.1 Å². The van der Waals surface area contributed by atoms with Crippen molar-refractivity contribution in [1.82, 2.24) is 19.6 Å². The molecule has 192 valence electrons. The number of aryl methyl sites for hydroxylation is 1. The monoisotopic (exact) mass is 526 g/mol. The van der Waals surface area contributed by atoms with Crippen LogP contribution in [0.4, 0.5) is 4.79 Å². The zero-order valence-electron chi connectivity index (χ0n) is 20.6. The molecule has 0 saturated heterocycles. The summed E-state index contributed by atoms with van der Waals surface area (Å²) in [5, 5.41) is 2.83. The van der Waals surface area contributed by atoms with E-state index in [9.17, 15) is 13.2 Å². The first-order chi connectivity index (χ1) is 18.4. The Bertz CT molecular complexity index is 1630. The van der Waals surface area contributed by atoms with E-state index >= 15 is 0 Å². The zero-order valence-corrected chi connectivity index (χ0v) is 21.4. The minimum Gasteiger partial charge on any atom is -0.472 e. The summed E-state index contributed by atoms with van der Waals surface area (Å²) in [5.41, 5.74) is 4.33. The van der Waals surface area contributed by atoms with Crippen molar-refractivity contribution in [3.63, 3.8) is 0 Å². The van der Waals surface area contributed by atoms with Gasteiger partial charge in [0.05, 0.1) is 23.5 Å². The van der Waals surface area contributed by atoms with Crippen LogP contribution in [0.2, 0.25) is 0 Å². The van der Waals surface area contributed by atoms with Gasteiger partial charge in [-0.2, -0.15) is 0 Å². The third kappa shape index (κ3) is 5.52. The minimum atomic E-state index is -4.06. The molecule has 5 rings (SSSR count). The number of imidazole rings is 1. The van der Waals surface area contributed by atoms with Crippen LogP contribution in [-0.4, -0.2) is 24.0 Å². The maximum atomic E-state index is 13.0. The Kier molecular flexibility index (Phi) is 7.10. The van der Waals surface area contributed by atoms with Crippen LogP contribution < -0.4 is 10.0 Å². The van der Waals surface area contributed by atoms with Crippen LogP contribution in [0.1, 0.15) is 23.0 Å². The number of carbonyl (C=O) groups is 1. The molecule has 0 spiro atoms. The third-order valence-corrected chi connectivity index (χ3v) is 7.67. The Hall–Kier alpha value is -4.63. The van der Waals surface area contributed by atoms with E-state index in [0.29, 0.717) is 17.8 Å². The van der Waals surface area contributed by atoms with Gasteiger partial charge in [-0.15, -0.1) is 0 Å². The molecule has 9 heteroatoms. The highest BCUT2D eigenvalue weighted by Crippen LogP contribution is 2.25. The van der Waals surface area contributed by atoms with Crippen molar-refractivity contribution in [3.05, 3.63) is 127 Å².